The summed E-state index contributed by atoms with van der Waals surface area (Å²) in [4.78, 5) is 66.6. The van der Waals surface area contributed by atoms with Crippen molar-refractivity contribution in [3.8, 4) is 11.8 Å². The first kappa shape index (κ1) is 26.5. The quantitative estimate of drug-likeness (QED) is 0.201. The van der Waals surface area contributed by atoms with E-state index >= 15 is 0 Å². The second-order valence-corrected chi connectivity index (χ2v) is 8.06. The molecule has 2 unspecified atom stereocenters. The number of carbonyl (C=O) groups excluding carboxylic acids is 5. The van der Waals surface area contributed by atoms with Crippen LogP contribution in [0.5, 0.6) is 0 Å². The molecule has 36 heavy (non-hydrogen) atoms. The maximum absolute atomic E-state index is 12.5. The molecule has 1 heterocycles. The third kappa shape index (κ3) is 6.11. The number of ether oxygens (including phenoxy) is 1. The van der Waals surface area contributed by atoms with Crippen LogP contribution in [0.25, 0.3) is 0 Å². The Morgan fingerprint density at radius 1 is 1.28 bits per heavy atom. The first-order valence-electron chi connectivity index (χ1n) is 11.1. The van der Waals surface area contributed by atoms with Gasteiger partial charge < -0.3 is 20.2 Å². The van der Waals surface area contributed by atoms with E-state index in [9.17, 15) is 24.0 Å². The maximum Gasteiger partial charge on any atom is 0.261 e. The molecular formula is C25H26N4O7. The van der Waals surface area contributed by atoms with Gasteiger partial charge in [0, 0.05) is 35.5 Å². The van der Waals surface area contributed by atoms with Gasteiger partial charge in [-0.05, 0) is 44.0 Å². The lowest BCUT2D eigenvalue weighted by molar-refractivity contribution is -0.128. The molecule has 1 saturated heterocycles. The highest BCUT2D eigenvalue weighted by atomic mass is 16.6. The lowest BCUT2D eigenvalue weighted by Crippen LogP contribution is -2.32. The third-order valence-corrected chi connectivity index (χ3v) is 5.63. The van der Waals surface area contributed by atoms with Gasteiger partial charge in [0.1, 0.15) is 11.8 Å². The summed E-state index contributed by atoms with van der Waals surface area (Å²) in [5.74, 6) is 8.75. The lowest BCUT2D eigenvalue weighted by Gasteiger charge is -2.21. The molecule has 0 saturated carbocycles. The van der Waals surface area contributed by atoms with Crippen molar-refractivity contribution in [3.05, 3.63) is 58.3 Å². The number of Topliss-reactive ketones (excluding diaryl/α,β-unsaturated/α-hetero) is 1. The molecule has 1 aliphatic carbocycles. The van der Waals surface area contributed by atoms with Gasteiger partial charge in [0.05, 0.1) is 19.3 Å². The topological polar surface area (TPSA) is 157 Å². The average Bonchev–Trinajstić information content (AvgIpc) is 3.34. The predicted molar refractivity (Wildman–Crippen MR) is 127 cm³/mol. The second-order valence-electron chi connectivity index (χ2n) is 8.06. The molecule has 3 rings (SSSR count). The first-order chi connectivity index (χ1) is 17.3. The molecule has 3 amide bonds. The van der Waals surface area contributed by atoms with Crippen molar-refractivity contribution in [1.82, 2.24) is 15.5 Å². The Labute approximate surface area is 207 Å². The largest absolute Gasteiger partial charge is 0.355 e. The van der Waals surface area contributed by atoms with Crippen molar-refractivity contribution < 1.29 is 33.5 Å². The smallest absolute Gasteiger partial charge is 0.261 e. The minimum Gasteiger partial charge on any atom is -0.355 e. The summed E-state index contributed by atoms with van der Waals surface area (Å²) in [5.41, 5.74) is 0.938. The van der Waals surface area contributed by atoms with Crippen LogP contribution in [0.1, 0.15) is 50.8 Å². The summed E-state index contributed by atoms with van der Waals surface area (Å²) in [6.45, 7) is 1.62. The van der Waals surface area contributed by atoms with E-state index in [1.54, 1.807) is 6.92 Å². The van der Waals surface area contributed by atoms with Crippen LogP contribution >= 0.6 is 0 Å². The minimum atomic E-state index is -0.596. The van der Waals surface area contributed by atoms with E-state index in [4.69, 9.17) is 10.6 Å². The minimum absolute atomic E-state index is 0.0129. The van der Waals surface area contributed by atoms with E-state index in [0.717, 1.165) is 0 Å². The van der Waals surface area contributed by atoms with Crippen molar-refractivity contribution in [3.63, 3.8) is 0 Å². The number of fused-ring (bicyclic) bond motifs is 1. The van der Waals surface area contributed by atoms with Gasteiger partial charge in [-0.15, -0.1) is 0 Å². The Morgan fingerprint density at radius 3 is 2.75 bits per heavy atom. The van der Waals surface area contributed by atoms with Crippen molar-refractivity contribution in [2.45, 2.75) is 32.1 Å². The highest BCUT2D eigenvalue weighted by Crippen LogP contribution is 2.23. The summed E-state index contributed by atoms with van der Waals surface area (Å²) in [5, 5.41) is 5.03. The molecule has 4 N–H and O–H groups in total. The van der Waals surface area contributed by atoms with Crippen molar-refractivity contribution in [2.24, 2.45) is 5.90 Å². The van der Waals surface area contributed by atoms with Gasteiger partial charge in [0.15, 0.2) is 11.6 Å². The summed E-state index contributed by atoms with van der Waals surface area (Å²) in [6, 6.07) is 4.26. The van der Waals surface area contributed by atoms with Crippen molar-refractivity contribution >= 4 is 29.8 Å². The Balaban J connectivity index is 1.68. The SMILES string of the molecule is CNC(=O)/C(C#CCNC(=O)c1ccc2c(c1)C(=O)C=C(C)C2=O)=C\N(C=O)C1CCC(CON)O1. The van der Waals surface area contributed by atoms with E-state index in [0.29, 0.717) is 24.8 Å². The van der Waals surface area contributed by atoms with Gasteiger partial charge in [-0.1, -0.05) is 11.8 Å². The molecule has 1 fully saturated rings. The van der Waals surface area contributed by atoms with E-state index < -0.39 is 18.0 Å². The van der Waals surface area contributed by atoms with E-state index in [1.807, 2.05) is 0 Å². The number of benzene rings is 1. The highest BCUT2D eigenvalue weighted by molar-refractivity contribution is 6.24. The van der Waals surface area contributed by atoms with E-state index in [2.05, 4.69) is 27.3 Å². The molecule has 0 spiro atoms. The van der Waals surface area contributed by atoms with Gasteiger partial charge in [-0.2, -0.15) is 0 Å². The molecule has 11 heteroatoms. The van der Waals surface area contributed by atoms with Crippen LogP contribution in [0.2, 0.25) is 0 Å². The Hall–Kier alpha value is -4.11. The number of hydrogen-bond acceptors (Lipinski definition) is 8. The number of amides is 3. The number of nitrogens with zero attached hydrogens (tertiary/aromatic N) is 1. The van der Waals surface area contributed by atoms with Crippen LogP contribution in [0.3, 0.4) is 0 Å². The van der Waals surface area contributed by atoms with Crippen LogP contribution in [-0.2, 0) is 19.2 Å². The molecule has 0 bridgehead atoms. The van der Waals surface area contributed by atoms with E-state index in [1.165, 1.54) is 42.4 Å². The molecule has 1 aromatic rings. The highest BCUT2D eigenvalue weighted by Gasteiger charge is 2.29. The third-order valence-electron chi connectivity index (χ3n) is 5.63. The number of nitrogens with one attached hydrogen (secondary N) is 2. The van der Waals surface area contributed by atoms with Gasteiger partial charge in [0.2, 0.25) is 6.41 Å². The maximum atomic E-state index is 12.5. The Morgan fingerprint density at radius 2 is 2.06 bits per heavy atom. The fraction of sp³-hybridized carbons (Fsp3) is 0.320. The molecule has 1 aliphatic heterocycles. The average molecular weight is 495 g/mol. The zero-order chi connectivity index (χ0) is 26.2. The van der Waals surface area contributed by atoms with Gasteiger partial charge in [0.25, 0.3) is 11.8 Å². The fourth-order valence-electron chi connectivity index (χ4n) is 3.75. The monoisotopic (exact) mass is 494 g/mol. The van der Waals surface area contributed by atoms with Gasteiger partial charge in [-0.25, -0.2) is 5.90 Å². The second kappa shape index (κ2) is 12.0. The van der Waals surface area contributed by atoms with E-state index in [-0.39, 0.29) is 53.1 Å². The molecule has 2 atom stereocenters. The standard InChI is InChI=1S/C25H26N4O7/c1-15-10-21(31)20-11-16(5-7-19(20)23(15)32)25(34)28-9-3-4-17(24(33)27-2)12-29(14-30)22-8-6-18(36-22)13-35-26/h5,7,10-12,14,18,22H,6,8-9,13,26H2,1-2H3,(H,27,33)(H,28,34)/b17-12-. The summed E-state index contributed by atoms with van der Waals surface area (Å²) in [6.07, 6.45) is 3.35. The summed E-state index contributed by atoms with van der Waals surface area (Å²) >= 11 is 0. The number of hydrogen-bond donors (Lipinski definition) is 3. The predicted octanol–water partition coefficient (Wildman–Crippen LogP) is 0.229. The molecule has 0 aromatic heterocycles. The van der Waals surface area contributed by atoms with Crippen LogP contribution in [0, 0.1) is 11.8 Å². The van der Waals surface area contributed by atoms with Crippen molar-refractivity contribution in [2.75, 3.05) is 20.2 Å². The van der Waals surface area contributed by atoms with Gasteiger partial charge >= 0.3 is 0 Å². The normalized spacial score (nSPS) is 19.0. The number of nitrogens with two attached hydrogens (primary N) is 1. The number of allylic oxidation sites excluding steroid dienone is 2. The zero-order valence-electron chi connectivity index (χ0n) is 19.8. The van der Waals surface area contributed by atoms with Crippen LogP contribution in [0.15, 0.2) is 41.6 Å². The Bertz CT molecular complexity index is 1210. The molecule has 2 aliphatic rings. The summed E-state index contributed by atoms with van der Waals surface area (Å²) < 4.78 is 5.69. The van der Waals surface area contributed by atoms with Crippen LogP contribution in [-0.4, -0.2) is 67.2 Å². The number of likely N-dealkylation sites (N-methyl/N-ethyl adjacent to an activating group) is 1. The van der Waals surface area contributed by atoms with Crippen molar-refractivity contribution in [1.29, 1.82) is 0 Å². The Kier molecular flexibility index (Phi) is 8.86. The summed E-state index contributed by atoms with van der Waals surface area (Å²) in [7, 11) is 1.42. The molecule has 0 radical (unpaired) electrons. The number of carbonyl (C=O) groups is 5. The number of rotatable bonds is 8. The fourth-order valence-corrected chi connectivity index (χ4v) is 3.75. The first-order valence-corrected chi connectivity index (χ1v) is 11.1. The molecule has 188 valence electrons. The van der Waals surface area contributed by atoms with Gasteiger partial charge in [-0.3, -0.25) is 28.9 Å². The van der Waals surface area contributed by atoms with Crippen LogP contribution < -0.4 is 16.5 Å². The molecule has 1 aromatic carbocycles. The molecule has 11 nitrogen and oxygen atoms in total. The number of ketones is 2. The molecular weight excluding hydrogens is 468 g/mol. The zero-order valence-corrected chi connectivity index (χ0v) is 19.8. The van der Waals surface area contributed by atoms with Crippen LogP contribution in [0.4, 0.5) is 0 Å². The lowest BCUT2D eigenvalue weighted by atomic mass is 9.89.